The number of nitrogens with one attached hydrogen (secondary N) is 2. The number of sulfonamides is 1. The summed E-state index contributed by atoms with van der Waals surface area (Å²) in [5, 5.41) is 7.34. The number of hydrogen-bond acceptors (Lipinski definition) is 6. The molecule has 2 N–H and O–H groups in total. The van der Waals surface area contributed by atoms with Crippen molar-refractivity contribution in [3.63, 3.8) is 0 Å². The maximum absolute atomic E-state index is 13.8. The van der Waals surface area contributed by atoms with Gasteiger partial charge in [-0.3, -0.25) is 4.99 Å². The van der Waals surface area contributed by atoms with Gasteiger partial charge in [0, 0.05) is 25.7 Å². The van der Waals surface area contributed by atoms with Gasteiger partial charge in [-0.15, -0.1) is 0 Å². The highest BCUT2D eigenvalue weighted by molar-refractivity contribution is 7.89. The second-order valence-corrected chi connectivity index (χ2v) is 10.3. The van der Waals surface area contributed by atoms with E-state index in [-0.39, 0.29) is 16.2 Å². The Labute approximate surface area is 178 Å². The summed E-state index contributed by atoms with van der Waals surface area (Å²) in [6.07, 6.45) is 7.04. The number of rotatable bonds is 4. The van der Waals surface area contributed by atoms with Gasteiger partial charge in [-0.2, -0.15) is 4.31 Å². The molecule has 0 bridgehead atoms. The fraction of sp³-hybridized carbons (Fsp3) is 0.667. The summed E-state index contributed by atoms with van der Waals surface area (Å²) >= 11 is 0. The van der Waals surface area contributed by atoms with Crippen molar-refractivity contribution < 1.29 is 17.5 Å². The van der Waals surface area contributed by atoms with E-state index >= 15 is 0 Å². The molecule has 0 unspecified atom stereocenters. The van der Waals surface area contributed by atoms with E-state index in [1.54, 1.807) is 0 Å². The minimum atomic E-state index is -3.85. The number of benzene rings is 1. The van der Waals surface area contributed by atoms with Crippen LogP contribution in [-0.2, 0) is 10.0 Å². The van der Waals surface area contributed by atoms with Crippen LogP contribution in [0.5, 0.6) is 5.75 Å². The molecule has 1 saturated carbocycles. The first-order valence-corrected chi connectivity index (χ1v) is 12.3. The molecule has 0 aromatic heterocycles. The van der Waals surface area contributed by atoms with Crippen molar-refractivity contribution in [1.29, 1.82) is 0 Å². The van der Waals surface area contributed by atoms with Crippen LogP contribution in [0.3, 0.4) is 0 Å². The van der Waals surface area contributed by atoms with Crippen LogP contribution in [-0.4, -0.2) is 63.4 Å². The fourth-order valence-electron chi connectivity index (χ4n) is 4.79. The van der Waals surface area contributed by atoms with Crippen LogP contribution in [0.2, 0.25) is 0 Å². The van der Waals surface area contributed by atoms with Gasteiger partial charge in [-0.1, -0.05) is 12.8 Å². The number of nitrogens with zero attached hydrogens (tertiary/aromatic N) is 2. The summed E-state index contributed by atoms with van der Waals surface area (Å²) in [7, 11) is -2.46. The zero-order valence-electron chi connectivity index (χ0n) is 17.5. The van der Waals surface area contributed by atoms with Crippen molar-refractivity contribution in [3.8, 4) is 5.75 Å². The average molecular weight is 439 g/mol. The van der Waals surface area contributed by atoms with E-state index in [0.717, 1.165) is 44.3 Å². The third-order valence-corrected chi connectivity index (χ3v) is 8.46. The van der Waals surface area contributed by atoms with Crippen LogP contribution >= 0.6 is 0 Å². The molecular formula is C21H31FN4O3S. The van der Waals surface area contributed by atoms with Crippen LogP contribution in [0, 0.1) is 5.82 Å². The van der Waals surface area contributed by atoms with E-state index < -0.39 is 15.8 Å². The van der Waals surface area contributed by atoms with Gasteiger partial charge in [0.1, 0.15) is 22.3 Å². The van der Waals surface area contributed by atoms with Crippen molar-refractivity contribution in [2.75, 3.05) is 33.3 Å². The second-order valence-electron chi connectivity index (χ2n) is 8.42. The number of methoxy groups -OCH3 is 1. The highest BCUT2D eigenvalue weighted by Crippen LogP contribution is 2.33. The third-order valence-electron chi connectivity index (χ3n) is 6.54. The lowest BCUT2D eigenvalue weighted by Crippen LogP contribution is -2.63. The van der Waals surface area contributed by atoms with Crippen LogP contribution in [0.4, 0.5) is 4.39 Å². The molecule has 0 atom stereocenters. The predicted molar refractivity (Wildman–Crippen MR) is 114 cm³/mol. The Hall–Kier alpha value is -1.71. The molecule has 0 radical (unpaired) electrons. The van der Waals surface area contributed by atoms with Crippen molar-refractivity contribution in [3.05, 3.63) is 24.0 Å². The van der Waals surface area contributed by atoms with Crippen molar-refractivity contribution >= 4 is 15.9 Å². The maximum atomic E-state index is 13.8. The van der Waals surface area contributed by atoms with Crippen LogP contribution in [0.1, 0.15) is 44.9 Å². The zero-order valence-corrected chi connectivity index (χ0v) is 18.3. The molecule has 2 heterocycles. The lowest BCUT2D eigenvalue weighted by molar-refractivity contribution is 0.246. The van der Waals surface area contributed by atoms with E-state index in [2.05, 4.69) is 10.6 Å². The van der Waals surface area contributed by atoms with E-state index in [1.807, 2.05) is 0 Å². The van der Waals surface area contributed by atoms with Gasteiger partial charge >= 0.3 is 0 Å². The van der Waals surface area contributed by atoms with Crippen molar-refractivity contribution in [1.82, 2.24) is 14.9 Å². The molecule has 1 saturated heterocycles. The molecule has 166 valence electrons. The number of piperidine rings is 1. The average Bonchev–Trinajstić information content (AvgIpc) is 3.19. The van der Waals surface area contributed by atoms with Gasteiger partial charge in [0.15, 0.2) is 0 Å². The van der Waals surface area contributed by atoms with Gasteiger partial charge in [0.05, 0.1) is 12.6 Å². The normalized spacial score (nSPS) is 23.2. The van der Waals surface area contributed by atoms with Gasteiger partial charge in [-0.05, 0) is 56.8 Å². The smallest absolute Gasteiger partial charge is 0.246 e. The Bertz CT molecular complexity index is 892. The summed E-state index contributed by atoms with van der Waals surface area (Å²) in [5.74, 6) is 0.560. The molecule has 3 aliphatic rings. The first-order valence-electron chi connectivity index (χ1n) is 10.8. The number of ether oxygens (including phenoxy) is 1. The Morgan fingerprint density at radius 1 is 1.23 bits per heavy atom. The Morgan fingerprint density at radius 2 is 1.97 bits per heavy atom. The molecular weight excluding hydrogens is 407 g/mol. The fourth-order valence-corrected chi connectivity index (χ4v) is 6.40. The van der Waals surface area contributed by atoms with Gasteiger partial charge < -0.3 is 15.4 Å². The third kappa shape index (κ3) is 4.20. The molecule has 30 heavy (non-hydrogen) atoms. The van der Waals surface area contributed by atoms with E-state index in [1.165, 1.54) is 36.4 Å². The highest BCUT2D eigenvalue weighted by Gasteiger charge is 2.43. The SMILES string of the molecule is COc1ccc(F)cc1S(=O)(=O)N1CCC2(CC1)NCCCN=C2NC1CCCC1. The van der Waals surface area contributed by atoms with Crippen LogP contribution in [0.15, 0.2) is 28.1 Å². The van der Waals surface area contributed by atoms with Crippen LogP contribution in [0.25, 0.3) is 0 Å². The maximum Gasteiger partial charge on any atom is 0.246 e. The first-order chi connectivity index (χ1) is 14.4. The number of halogens is 1. The summed E-state index contributed by atoms with van der Waals surface area (Å²) in [6.45, 7) is 2.34. The standard InChI is InChI=1S/C21H31FN4O3S/c1-29-18-8-7-16(22)15-19(18)30(27,28)26-13-9-21(10-14-26)20(23-11-4-12-24-21)25-17-5-2-3-6-17/h7-8,15,17,24H,2-6,9-14H2,1H3,(H,23,25). The predicted octanol–water partition coefficient (Wildman–Crippen LogP) is 2.28. The topological polar surface area (TPSA) is 83.0 Å². The largest absolute Gasteiger partial charge is 0.495 e. The van der Waals surface area contributed by atoms with Gasteiger partial charge in [0.25, 0.3) is 0 Å². The summed E-state index contributed by atoms with van der Waals surface area (Å²) in [6, 6.07) is 4.06. The Morgan fingerprint density at radius 3 is 2.67 bits per heavy atom. The molecule has 2 aliphatic heterocycles. The molecule has 2 fully saturated rings. The molecule has 1 aromatic rings. The Balaban J connectivity index is 1.53. The molecule has 1 aromatic carbocycles. The number of aliphatic imine (C=N–C) groups is 1. The highest BCUT2D eigenvalue weighted by atomic mass is 32.2. The van der Waals surface area contributed by atoms with Crippen LogP contribution < -0.4 is 15.4 Å². The zero-order chi connectivity index (χ0) is 21.2. The molecule has 1 aliphatic carbocycles. The Kier molecular flexibility index (Phi) is 6.31. The van der Waals surface area contributed by atoms with Gasteiger partial charge in [-0.25, -0.2) is 12.8 Å². The molecule has 0 amide bonds. The lowest BCUT2D eigenvalue weighted by Gasteiger charge is -2.43. The first kappa shape index (κ1) is 21.5. The van der Waals surface area contributed by atoms with Crippen molar-refractivity contribution in [2.45, 2.75) is 61.4 Å². The van der Waals surface area contributed by atoms with Crippen molar-refractivity contribution in [2.24, 2.45) is 4.99 Å². The summed E-state index contributed by atoms with van der Waals surface area (Å²) in [4.78, 5) is 4.74. The van der Waals surface area contributed by atoms with E-state index in [0.29, 0.717) is 32.0 Å². The number of hydrogen-bond donors (Lipinski definition) is 2. The summed E-state index contributed by atoms with van der Waals surface area (Å²) in [5.41, 5.74) is -0.322. The molecule has 1 spiro atoms. The molecule has 7 nitrogen and oxygen atoms in total. The monoisotopic (exact) mass is 438 g/mol. The quantitative estimate of drug-likeness (QED) is 0.754. The minimum Gasteiger partial charge on any atom is -0.495 e. The number of amidine groups is 1. The van der Waals surface area contributed by atoms with E-state index in [4.69, 9.17) is 9.73 Å². The minimum absolute atomic E-state index is 0.118. The molecule has 9 heteroatoms. The van der Waals surface area contributed by atoms with E-state index in [9.17, 15) is 12.8 Å². The molecule has 4 rings (SSSR count). The summed E-state index contributed by atoms with van der Waals surface area (Å²) < 4.78 is 46.9. The van der Waals surface area contributed by atoms with Gasteiger partial charge in [0.2, 0.25) is 10.0 Å². The lowest BCUT2D eigenvalue weighted by atomic mass is 9.86. The second kappa shape index (κ2) is 8.80.